The second-order valence-corrected chi connectivity index (χ2v) is 4.22. The molecule has 116 valence electrons. The number of nitrogens with zero attached hydrogens (tertiary/aromatic N) is 3. The first kappa shape index (κ1) is 16.5. The summed E-state index contributed by atoms with van der Waals surface area (Å²) in [7, 11) is 4.72. The first-order valence-corrected chi connectivity index (χ1v) is 6.06. The van der Waals surface area contributed by atoms with Crippen LogP contribution in [0.5, 0.6) is 5.75 Å². The molecule has 0 aliphatic heterocycles. The summed E-state index contributed by atoms with van der Waals surface area (Å²) in [4.78, 5) is 16.3. The molecule has 0 spiro atoms. The van der Waals surface area contributed by atoms with Crippen molar-refractivity contribution >= 4 is 23.0 Å². The molecule has 0 radical (unpaired) electrons. The van der Waals surface area contributed by atoms with Crippen molar-refractivity contribution in [2.75, 3.05) is 39.3 Å². The Hall–Kier alpha value is -2.55. The van der Waals surface area contributed by atoms with Crippen LogP contribution in [0.2, 0.25) is 0 Å². The SMILES string of the molecule is COCCN(C)c1cc(OC)c(N=C(N)N)cc1[N+](=O)[O-]. The number of methoxy groups -OCH3 is 2. The van der Waals surface area contributed by atoms with Gasteiger partial charge in [-0.15, -0.1) is 0 Å². The van der Waals surface area contributed by atoms with E-state index in [1.165, 1.54) is 19.2 Å². The molecule has 4 N–H and O–H groups in total. The van der Waals surface area contributed by atoms with E-state index in [0.717, 1.165) is 0 Å². The average molecular weight is 297 g/mol. The Morgan fingerprint density at radius 3 is 2.57 bits per heavy atom. The second-order valence-electron chi connectivity index (χ2n) is 4.22. The summed E-state index contributed by atoms with van der Waals surface area (Å²) in [6.07, 6.45) is 0. The van der Waals surface area contributed by atoms with Crippen molar-refractivity contribution in [3.8, 4) is 5.75 Å². The lowest BCUT2D eigenvalue weighted by Crippen LogP contribution is -2.23. The van der Waals surface area contributed by atoms with Gasteiger partial charge in [0.2, 0.25) is 0 Å². The van der Waals surface area contributed by atoms with Gasteiger partial charge in [0.1, 0.15) is 17.1 Å². The van der Waals surface area contributed by atoms with E-state index < -0.39 is 4.92 Å². The zero-order chi connectivity index (χ0) is 16.0. The van der Waals surface area contributed by atoms with E-state index >= 15 is 0 Å². The number of ether oxygens (including phenoxy) is 2. The van der Waals surface area contributed by atoms with Gasteiger partial charge in [-0.1, -0.05) is 0 Å². The molecule has 9 heteroatoms. The molecule has 0 atom stereocenters. The van der Waals surface area contributed by atoms with Gasteiger partial charge >= 0.3 is 0 Å². The third kappa shape index (κ3) is 4.21. The molecular weight excluding hydrogens is 278 g/mol. The Morgan fingerprint density at radius 1 is 1.43 bits per heavy atom. The highest BCUT2D eigenvalue weighted by Gasteiger charge is 2.21. The monoisotopic (exact) mass is 297 g/mol. The van der Waals surface area contributed by atoms with Gasteiger partial charge in [-0.25, -0.2) is 4.99 Å². The van der Waals surface area contributed by atoms with E-state index in [1.54, 1.807) is 19.1 Å². The Bertz CT molecular complexity index is 543. The normalized spacial score (nSPS) is 10.0. The van der Waals surface area contributed by atoms with Crippen molar-refractivity contribution < 1.29 is 14.4 Å². The van der Waals surface area contributed by atoms with E-state index in [-0.39, 0.29) is 17.3 Å². The molecule has 0 saturated carbocycles. The number of aliphatic imine (C=N–C) groups is 1. The highest BCUT2D eigenvalue weighted by atomic mass is 16.6. The molecule has 0 fully saturated rings. The number of nitro benzene ring substituents is 1. The van der Waals surface area contributed by atoms with Crippen molar-refractivity contribution in [3.05, 3.63) is 22.2 Å². The maximum absolute atomic E-state index is 11.2. The van der Waals surface area contributed by atoms with E-state index in [2.05, 4.69) is 4.99 Å². The molecular formula is C12H19N5O4. The molecule has 0 aliphatic carbocycles. The van der Waals surface area contributed by atoms with Crippen LogP contribution in [0, 0.1) is 10.1 Å². The van der Waals surface area contributed by atoms with E-state index in [4.69, 9.17) is 20.9 Å². The van der Waals surface area contributed by atoms with Gasteiger partial charge in [0.15, 0.2) is 5.96 Å². The van der Waals surface area contributed by atoms with E-state index in [9.17, 15) is 10.1 Å². The molecule has 1 rings (SSSR count). The second kappa shape index (κ2) is 7.29. The minimum atomic E-state index is -0.496. The van der Waals surface area contributed by atoms with Gasteiger partial charge in [0.05, 0.1) is 18.6 Å². The van der Waals surface area contributed by atoms with Crippen molar-refractivity contribution in [1.29, 1.82) is 0 Å². The summed E-state index contributed by atoms with van der Waals surface area (Å²) in [6, 6.07) is 2.80. The number of likely N-dealkylation sites (N-methyl/N-ethyl adjacent to an activating group) is 1. The van der Waals surface area contributed by atoms with Gasteiger partial charge in [-0.05, 0) is 0 Å². The molecule has 21 heavy (non-hydrogen) atoms. The largest absolute Gasteiger partial charge is 0.494 e. The minimum absolute atomic E-state index is 0.116. The quantitative estimate of drug-likeness (QED) is 0.326. The summed E-state index contributed by atoms with van der Waals surface area (Å²) in [5.74, 6) is 0.136. The van der Waals surface area contributed by atoms with Crippen LogP contribution in [0.3, 0.4) is 0 Å². The molecule has 9 nitrogen and oxygen atoms in total. The topological polar surface area (TPSA) is 129 Å². The van der Waals surface area contributed by atoms with Crippen LogP contribution in [0.4, 0.5) is 17.1 Å². The fourth-order valence-electron chi connectivity index (χ4n) is 1.74. The van der Waals surface area contributed by atoms with Crippen LogP contribution < -0.4 is 21.1 Å². The molecule has 0 bridgehead atoms. The fourth-order valence-corrected chi connectivity index (χ4v) is 1.74. The molecule has 0 aromatic heterocycles. The Morgan fingerprint density at radius 2 is 2.10 bits per heavy atom. The van der Waals surface area contributed by atoms with Gasteiger partial charge in [0, 0.05) is 32.8 Å². The number of nitro groups is 1. The summed E-state index contributed by atoms with van der Waals surface area (Å²) in [6.45, 7) is 0.924. The summed E-state index contributed by atoms with van der Waals surface area (Å²) < 4.78 is 10.1. The van der Waals surface area contributed by atoms with Crippen LogP contribution in [0.25, 0.3) is 0 Å². The lowest BCUT2D eigenvalue weighted by Gasteiger charge is -2.20. The first-order chi connectivity index (χ1) is 9.90. The van der Waals surface area contributed by atoms with Crippen LogP contribution in [-0.4, -0.2) is 45.3 Å². The number of anilines is 1. The number of rotatable bonds is 7. The lowest BCUT2D eigenvalue weighted by molar-refractivity contribution is -0.384. The molecule has 0 amide bonds. The van der Waals surface area contributed by atoms with Gasteiger partial charge in [0.25, 0.3) is 5.69 Å². The third-order valence-electron chi connectivity index (χ3n) is 2.76. The number of benzene rings is 1. The van der Waals surface area contributed by atoms with E-state index in [0.29, 0.717) is 24.6 Å². The van der Waals surface area contributed by atoms with E-state index in [1.807, 2.05) is 0 Å². The third-order valence-corrected chi connectivity index (χ3v) is 2.76. The van der Waals surface area contributed by atoms with Crippen molar-refractivity contribution in [1.82, 2.24) is 0 Å². The Labute approximate surface area is 122 Å². The molecule has 0 saturated heterocycles. The zero-order valence-electron chi connectivity index (χ0n) is 12.2. The number of guanidine groups is 1. The van der Waals surface area contributed by atoms with Crippen LogP contribution in [-0.2, 0) is 4.74 Å². The number of hydrogen-bond donors (Lipinski definition) is 2. The maximum atomic E-state index is 11.2. The predicted octanol–water partition coefficient (Wildman–Crippen LogP) is 0.591. The zero-order valence-corrected chi connectivity index (χ0v) is 12.2. The highest BCUT2D eigenvalue weighted by Crippen LogP contribution is 2.39. The Balaban J connectivity index is 3.36. The lowest BCUT2D eigenvalue weighted by atomic mass is 10.2. The summed E-state index contributed by atoms with van der Waals surface area (Å²) in [5.41, 5.74) is 11.1. The van der Waals surface area contributed by atoms with Crippen molar-refractivity contribution in [3.63, 3.8) is 0 Å². The Kier molecular flexibility index (Phi) is 5.73. The standard InChI is InChI=1S/C12H19N5O4/c1-16(4-5-20-2)9-7-11(21-3)8(15-12(13)14)6-10(9)17(18)19/h6-7H,4-5H2,1-3H3,(H4,13,14,15). The van der Waals surface area contributed by atoms with Crippen molar-refractivity contribution in [2.45, 2.75) is 0 Å². The number of nitrogens with two attached hydrogens (primary N) is 2. The highest BCUT2D eigenvalue weighted by molar-refractivity contribution is 5.82. The molecule has 0 aliphatic rings. The van der Waals surface area contributed by atoms with Gasteiger partial charge < -0.3 is 25.8 Å². The minimum Gasteiger partial charge on any atom is -0.494 e. The summed E-state index contributed by atoms with van der Waals surface area (Å²) in [5, 5.41) is 11.2. The van der Waals surface area contributed by atoms with Gasteiger partial charge in [-0.2, -0.15) is 0 Å². The fraction of sp³-hybridized carbons (Fsp3) is 0.417. The smallest absolute Gasteiger partial charge is 0.294 e. The number of hydrogen-bond acceptors (Lipinski definition) is 6. The van der Waals surface area contributed by atoms with Crippen LogP contribution in [0.1, 0.15) is 0 Å². The maximum Gasteiger partial charge on any atom is 0.294 e. The summed E-state index contributed by atoms with van der Waals surface area (Å²) >= 11 is 0. The van der Waals surface area contributed by atoms with Gasteiger partial charge in [-0.3, -0.25) is 10.1 Å². The van der Waals surface area contributed by atoms with Crippen molar-refractivity contribution in [2.24, 2.45) is 16.5 Å². The first-order valence-electron chi connectivity index (χ1n) is 6.06. The molecule has 0 heterocycles. The van der Waals surface area contributed by atoms with Crippen LogP contribution >= 0.6 is 0 Å². The average Bonchev–Trinajstić information content (AvgIpc) is 2.43. The predicted molar refractivity (Wildman–Crippen MR) is 80.3 cm³/mol. The molecule has 0 unspecified atom stereocenters. The van der Waals surface area contributed by atoms with Crippen LogP contribution in [0.15, 0.2) is 17.1 Å². The molecule has 1 aromatic rings. The molecule has 1 aromatic carbocycles.